The number of phenolic OH excluding ortho intramolecular Hbond substituents is 1. The Morgan fingerprint density at radius 2 is 2.00 bits per heavy atom. The van der Waals surface area contributed by atoms with Crippen molar-refractivity contribution in [2.75, 3.05) is 18.0 Å². The first-order valence-electron chi connectivity index (χ1n) is 10.0. The number of carbonyl (C=O) groups excluding carboxylic acids is 1. The molecule has 3 aromatic rings. The van der Waals surface area contributed by atoms with Crippen molar-refractivity contribution in [3.8, 4) is 28.1 Å². The molecular weight excluding hydrogens is 380 g/mol. The zero-order chi connectivity index (χ0) is 21.1. The van der Waals surface area contributed by atoms with E-state index in [4.69, 9.17) is 0 Å². The number of aromatic hydroxyl groups is 1. The van der Waals surface area contributed by atoms with Crippen molar-refractivity contribution in [3.63, 3.8) is 0 Å². The lowest BCUT2D eigenvalue weighted by Crippen LogP contribution is -2.55. The zero-order valence-corrected chi connectivity index (χ0v) is 17.0. The Hall–Kier alpha value is -3.39. The fraction of sp³-hybridized carbons (Fsp3) is 0.318. The van der Waals surface area contributed by atoms with Gasteiger partial charge >= 0.3 is 0 Å². The lowest BCUT2D eigenvalue weighted by molar-refractivity contribution is 0.111. The summed E-state index contributed by atoms with van der Waals surface area (Å²) in [5.41, 5.74) is 2.97. The Morgan fingerprint density at radius 3 is 2.70 bits per heavy atom. The van der Waals surface area contributed by atoms with Gasteiger partial charge in [0.2, 0.25) is 5.95 Å². The molecule has 30 heavy (non-hydrogen) atoms. The smallest absolute Gasteiger partial charge is 0.245 e. The molecule has 2 atom stereocenters. The van der Waals surface area contributed by atoms with Crippen LogP contribution in [0.1, 0.15) is 30.8 Å². The molecule has 1 fully saturated rings. The number of hydrogen-bond acceptors (Lipinski definition) is 8. The molecule has 2 aromatic heterocycles. The van der Waals surface area contributed by atoms with E-state index < -0.39 is 0 Å². The molecule has 154 valence electrons. The zero-order valence-electron chi connectivity index (χ0n) is 17.0. The van der Waals surface area contributed by atoms with Gasteiger partial charge in [-0.15, -0.1) is 10.2 Å². The summed E-state index contributed by atoms with van der Waals surface area (Å²) in [7, 11) is 0. The summed E-state index contributed by atoms with van der Waals surface area (Å²) >= 11 is 0. The second kappa shape index (κ2) is 8.54. The van der Waals surface area contributed by atoms with Crippen molar-refractivity contribution in [2.45, 2.75) is 32.4 Å². The molecule has 2 N–H and O–H groups in total. The molecule has 0 spiro atoms. The molecule has 8 nitrogen and oxygen atoms in total. The second-order valence-corrected chi connectivity index (χ2v) is 7.54. The number of aromatic nitrogens is 4. The average molecular weight is 404 g/mol. The SMILES string of the molecule is CC[C@@H]1CN(c2ncc(-c3ccc(-c4ccnc(C=O)c4)cc3O)nn2)C[C@H](C)N1. The van der Waals surface area contributed by atoms with E-state index in [0.29, 0.717) is 41.3 Å². The summed E-state index contributed by atoms with van der Waals surface area (Å²) < 4.78 is 0. The summed E-state index contributed by atoms with van der Waals surface area (Å²) in [6.07, 6.45) is 4.95. The molecule has 1 aromatic carbocycles. The van der Waals surface area contributed by atoms with Crippen molar-refractivity contribution < 1.29 is 9.90 Å². The van der Waals surface area contributed by atoms with Crippen LogP contribution in [0.15, 0.2) is 42.7 Å². The number of piperazine rings is 1. The summed E-state index contributed by atoms with van der Waals surface area (Å²) in [6, 6.07) is 9.50. The Bertz CT molecular complexity index is 1040. The third kappa shape index (κ3) is 4.13. The molecular formula is C22H24N6O2. The van der Waals surface area contributed by atoms with Crippen LogP contribution in [0.25, 0.3) is 22.4 Å². The number of nitrogens with zero attached hydrogens (tertiary/aromatic N) is 5. The van der Waals surface area contributed by atoms with Gasteiger partial charge in [-0.2, -0.15) is 0 Å². The van der Waals surface area contributed by atoms with Gasteiger partial charge in [-0.1, -0.05) is 13.0 Å². The molecule has 1 aliphatic rings. The number of hydrogen-bond donors (Lipinski definition) is 2. The molecule has 0 saturated carbocycles. The maximum atomic E-state index is 11.0. The van der Waals surface area contributed by atoms with Gasteiger partial charge in [0.15, 0.2) is 6.29 Å². The van der Waals surface area contributed by atoms with Crippen LogP contribution in [-0.2, 0) is 0 Å². The predicted octanol–water partition coefficient (Wildman–Crippen LogP) is 2.70. The van der Waals surface area contributed by atoms with Crippen LogP contribution in [0.5, 0.6) is 5.75 Å². The van der Waals surface area contributed by atoms with Gasteiger partial charge in [0.05, 0.1) is 6.20 Å². The summed E-state index contributed by atoms with van der Waals surface area (Å²) in [5.74, 6) is 0.669. The maximum Gasteiger partial charge on any atom is 0.245 e. The number of benzene rings is 1. The van der Waals surface area contributed by atoms with Crippen LogP contribution in [0.3, 0.4) is 0 Å². The predicted molar refractivity (Wildman–Crippen MR) is 114 cm³/mol. The largest absolute Gasteiger partial charge is 0.507 e. The highest BCUT2D eigenvalue weighted by Crippen LogP contribution is 2.32. The van der Waals surface area contributed by atoms with Gasteiger partial charge in [-0.05, 0) is 48.7 Å². The van der Waals surface area contributed by atoms with Crippen molar-refractivity contribution in [1.29, 1.82) is 0 Å². The fourth-order valence-corrected chi connectivity index (χ4v) is 3.75. The van der Waals surface area contributed by atoms with Gasteiger partial charge in [0, 0.05) is 36.9 Å². The first-order chi connectivity index (χ1) is 14.6. The molecule has 0 radical (unpaired) electrons. The second-order valence-electron chi connectivity index (χ2n) is 7.54. The minimum atomic E-state index is 0.0719. The highest BCUT2D eigenvalue weighted by atomic mass is 16.3. The number of aldehydes is 1. The highest BCUT2D eigenvalue weighted by molar-refractivity contribution is 5.78. The highest BCUT2D eigenvalue weighted by Gasteiger charge is 2.24. The number of phenols is 1. The molecule has 1 aliphatic heterocycles. The number of nitrogens with one attached hydrogen (secondary N) is 1. The lowest BCUT2D eigenvalue weighted by Gasteiger charge is -2.37. The molecule has 0 bridgehead atoms. The van der Waals surface area contributed by atoms with E-state index in [9.17, 15) is 9.90 Å². The van der Waals surface area contributed by atoms with E-state index in [1.165, 1.54) is 0 Å². The van der Waals surface area contributed by atoms with E-state index in [-0.39, 0.29) is 5.75 Å². The molecule has 8 heteroatoms. The van der Waals surface area contributed by atoms with Crippen molar-refractivity contribution in [2.24, 2.45) is 0 Å². The van der Waals surface area contributed by atoms with Crippen LogP contribution in [0, 0.1) is 0 Å². The molecule has 3 heterocycles. The summed E-state index contributed by atoms with van der Waals surface area (Å²) in [5, 5.41) is 22.7. The molecule has 1 saturated heterocycles. The monoisotopic (exact) mass is 404 g/mol. The maximum absolute atomic E-state index is 11.0. The minimum Gasteiger partial charge on any atom is -0.507 e. The van der Waals surface area contributed by atoms with Crippen LogP contribution < -0.4 is 10.2 Å². The first-order valence-corrected chi connectivity index (χ1v) is 10.0. The van der Waals surface area contributed by atoms with E-state index in [1.807, 2.05) is 6.07 Å². The Kier molecular flexibility index (Phi) is 5.67. The molecule has 0 amide bonds. The third-order valence-electron chi connectivity index (χ3n) is 5.29. The van der Waals surface area contributed by atoms with Crippen LogP contribution in [0.4, 0.5) is 5.95 Å². The van der Waals surface area contributed by atoms with Gasteiger partial charge in [0.25, 0.3) is 0 Å². The topological polar surface area (TPSA) is 104 Å². The lowest BCUT2D eigenvalue weighted by atomic mass is 10.0. The van der Waals surface area contributed by atoms with Crippen LogP contribution >= 0.6 is 0 Å². The molecule has 0 unspecified atom stereocenters. The number of carbonyl (C=O) groups is 1. The minimum absolute atomic E-state index is 0.0719. The number of rotatable bonds is 5. The van der Waals surface area contributed by atoms with Crippen molar-refractivity contribution in [1.82, 2.24) is 25.5 Å². The summed E-state index contributed by atoms with van der Waals surface area (Å²) in [6.45, 7) is 5.98. The van der Waals surface area contributed by atoms with Crippen molar-refractivity contribution in [3.05, 3.63) is 48.4 Å². The standard InChI is InChI=1S/C22H24N6O2/c1-3-17-12-28(11-14(2)25-17)22-24-10-20(26-27-22)19-5-4-15(9-21(19)30)16-6-7-23-18(8-16)13-29/h4-10,13-14,17,25,30H,3,11-12H2,1-2H3/t14-,17+/m0/s1. The first kappa shape index (κ1) is 19.9. The fourth-order valence-electron chi connectivity index (χ4n) is 3.75. The van der Waals surface area contributed by atoms with Gasteiger partial charge in [-0.3, -0.25) is 9.78 Å². The van der Waals surface area contributed by atoms with Gasteiger partial charge in [0.1, 0.15) is 17.1 Å². The Morgan fingerprint density at radius 1 is 1.17 bits per heavy atom. The van der Waals surface area contributed by atoms with Crippen LogP contribution in [0.2, 0.25) is 0 Å². The summed E-state index contributed by atoms with van der Waals surface area (Å²) in [4.78, 5) is 21.6. The third-order valence-corrected chi connectivity index (χ3v) is 5.29. The molecule has 4 rings (SSSR count). The Balaban J connectivity index is 1.56. The Labute approximate surface area is 175 Å². The quantitative estimate of drug-likeness (QED) is 0.626. The number of anilines is 1. The van der Waals surface area contributed by atoms with Gasteiger partial charge in [-0.25, -0.2) is 4.98 Å². The number of pyridine rings is 1. The van der Waals surface area contributed by atoms with E-state index in [0.717, 1.165) is 30.6 Å². The normalized spacial score (nSPS) is 18.9. The van der Waals surface area contributed by atoms with E-state index in [1.54, 1.807) is 36.7 Å². The molecule has 0 aliphatic carbocycles. The average Bonchev–Trinajstić information content (AvgIpc) is 2.78. The van der Waals surface area contributed by atoms with E-state index >= 15 is 0 Å². The van der Waals surface area contributed by atoms with Crippen LogP contribution in [-0.4, -0.2) is 56.7 Å². The van der Waals surface area contributed by atoms with Crippen molar-refractivity contribution >= 4 is 12.2 Å². The van der Waals surface area contributed by atoms with E-state index in [2.05, 4.69) is 44.2 Å². The van der Waals surface area contributed by atoms with Gasteiger partial charge < -0.3 is 15.3 Å².